The third kappa shape index (κ3) is 1.70. The van der Waals surface area contributed by atoms with E-state index in [2.05, 4.69) is 15.9 Å². The van der Waals surface area contributed by atoms with E-state index >= 15 is 0 Å². The third-order valence-corrected chi connectivity index (χ3v) is 3.78. The number of benzene rings is 1. The van der Waals surface area contributed by atoms with Crippen LogP contribution in [0.3, 0.4) is 0 Å². The zero-order valence-corrected chi connectivity index (χ0v) is 10.5. The summed E-state index contributed by atoms with van der Waals surface area (Å²) in [4.78, 5) is 0. The van der Waals surface area contributed by atoms with Crippen molar-refractivity contribution in [1.29, 1.82) is 0 Å². The molecule has 0 aromatic heterocycles. The molecular formula is C12H14BrNO2. The number of ether oxygens (including phenoxy) is 2. The number of rotatable bonds is 0. The molecule has 0 unspecified atom stereocenters. The van der Waals surface area contributed by atoms with Crippen LogP contribution in [0, 0.1) is 0 Å². The Kier molecular flexibility index (Phi) is 2.37. The SMILES string of the molecule is NC1CCC2(CC1)Oc1ccc(Br)cc1O2. The van der Waals surface area contributed by atoms with Crippen molar-refractivity contribution in [3.8, 4) is 11.5 Å². The predicted molar refractivity (Wildman–Crippen MR) is 64.6 cm³/mol. The van der Waals surface area contributed by atoms with Crippen molar-refractivity contribution in [3.05, 3.63) is 22.7 Å². The van der Waals surface area contributed by atoms with E-state index in [0.717, 1.165) is 41.7 Å². The highest BCUT2D eigenvalue weighted by Crippen LogP contribution is 2.46. The highest BCUT2D eigenvalue weighted by molar-refractivity contribution is 9.10. The van der Waals surface area contributed by atoms with E-state index < -0.39 is 5.79 Å². The van der Waals surface area contributed by atoms with Crippen molar-refractivity contribution in [2.75, 3.05) is 0 Å². The van der Waals surface area contributed by atoms with Gasteiger partial charge >= 0.3 is 0 Å². The van der Waals surface area contributed by atoms with Gasteiger partial charge in [-0.2, -0.15) is 0 Å². The maximum atomic E-state index is 5.96. The van der Waals surface area contributed by atoms with Crippen molar-refractivity contribution in [3.63, 3.8) is 0 Å². The van der Waals surface area contributed by atoms with Gasteiger partial charge in [-0.15, -0.1) is 0 Å². The van der Waals surface area contributed by atoms with Crippen LogP contribution < -0.4 is 15.2 Å². The summed E-state index contributed by atoms with van der Waals surface area (Å²) < 4.78 is 12.9. The highest BCUT2D eigenvalue weighted by Gasteiger charge is 2.43. The summed E-state index contributed by atoms with van der Waals surface area (Å²) in [6.45, 7) is 0. The summed E-state index contributed by atoms with van der Waals surface area (Å²) in [6, 6.07) is 6.17. The Hall–Kier alpha value is -0.740. The van der Waals surface area contributed by atoms with Gasteiger partial charge in [0.1, 0.15) is 0 Å². The van der Waals surface area contributed by atoms with Crippen LogP contribution in [-0.2, 0) is 0 Å². The molecule has 0 saturated heterocycles. The minimum Gasteiger partial charge on any atom is -0.448 e. The van der Waals surface area contributed by atoms with Crippen molar-refractivity contribution < 1.29 is 9.47 Å². The second-order valence-corrected chi connectivity index (χ2v) is 5.46. The summed E-state index contributed by atoms with van der Waals surface area (Å²) in [5.41, 5.74) is 5.90. The second kappa shape index (κ2) is 3.64. The fourth-order valence-electron chi connectivity index (χ4n) is 2.35. The number of hydrogen-bond acceptors (Lipinski definition) is 3. The summed E-state index contributed by atoms with van der Waals surface area (Å²) in [6.07, 6.45) is 3.69. The van der Waals surface area contributed by atoms with Crippen LogP contribution in [-0.4, -0.2) is 11.8 Å². The molecule has 2 N–H and O–H groups in total. The summed E-state index contributed by atoms with van der Waals surface area (Å²) in [5, 5.41) is 0. The molecule has 0 bridgehead atoms. The van der Waals surface area contributed by atoms with E-state index in [9.17, 15) is 0 Å². The molecule has 0 amide bonds. The summed E-state index contributed by atoms with van der Waals surface area (Å²) in [7, 11) is 0. The van der Waals surface area contributed by atoms with Gasteiger partial charge in [-0.1, -0.05) is 15.9 Å². The normalized spacial score (nSPS) is 32.0. The molecule has 3 nitrogen and oxygen atoms in total. The van der Waals surface area contributed by atoms with Gasteiger partial charge in [0.05, 0.1) is 0 Å². The predicted octanol–water partition coefficient (Wildman–Crippen LogP) is 2.82. The van der Waals surface area contributed by atoms with Crippen molar-refractivity contribution in [1.82, 2.24) is 0 Å². The number of fused-ring (bicyclic) bond motifs is 1. The molecule has 1 aromatic carbocycles. The zero-order valence-electron chi connectivity index (χ0n) is 8.91. The molecule has 86 valence electrons. The first-order chi connectivity index (χ1) is 7.67. The smallest absolute Gasteiger partial charge is 0.251 e. The molecule has 3 rings (SSSR count). The van der Waals surface area contributed by atoms with Crippen LogP contribution in [0.25, 0.3) is 0 Å². The van der Waals surface area contributed by atoms with Crippen LogP contribution in [0.2, 0.25) is 0 Å². The molecule has 0 radical (unpaired) electrons. The Bertz CT molecular complexity index is 413. The average Bonchev–Trinajstić information content (AvgIpc) is 2.60. The molecule has 0 atom stereocenters. The Labute approximate surface area is 103 Å². The first-order valence-electron chi connectivity index (χ1n) is 5.60. The highest BCUT2D eigenvalue weighted by atomic mass is 79.9. The Morgan fingerprint density at radius 2 is 1.88 bits per heavy atom. The maximum absolute atomic E-state index is 5.96. The fourth-order valence-corrected chi connectivity index (χ4v) is 2.69. The topological polar surface area (TPSA) is 44.5 Å². The van der Waals surface area contributed by atoms with Gasteiger partial charge in [0.2, 0.25) is 0 Å². The van der Waals surface area contributed by atoms with E-state index in [1.807, 2.05) is 18.2 Å². The monoisotopic (exact) mass is 283 g/mol. The molecule has 1 saturated carbocycles. The lowest BCUT2D eigenvalue weighted by Crippen LogP contribution is -2.45. The molecule has 16 heavy (non-hydrogen) atoms. The minimum atomic E-state index is -0.445. The number of hydrogen-bond donors (Lipinski definition) is 1. The second-order valence-electron chi connectivity index (χ2n) is 4.54. The lowest BCUT2D eigenvalue weighted by atomic mass is 9.91. The largest absolute Gasteiger partial charge is 0.448 e. The summed E-state index contributed by atoms with van der Waals surface area (Å²) in [5.74, 6) is 1.24. The van der Waals surface area contributed by atoms with E-state index in [1.54, 1.807) is 0 Å². The molecule has 1 fully saturated rings. The number of nitrogens with two attached hydrogens (primary N) is 1. The molecule has 1 aliphatic carbocycles. The van der Waals surface area contributed by atoms with Crippen LogP contribution >= 0.6 is 15.9 Å². The van der Waals surface area contributed by atoms with Gasteiger partial charge < -0.3 is 15.2 Å². The van der Waals surface area contributed by atoms with Crippen molar-refractivity contribution >= 4 is 15.9 Å². The number of halogens is 1. The Balaban J connectivity index is 1.84. The Morgan fingerprint density at radius 1 is 1.19 bits per heavy atom. The minimum absolute atomic E-state index is 0.299. The van der Waals surface area contributed by atoms with Crippen LogP contribution in [0.4, 0.5) is 0 Å². The molecule has 1 spiro atoms. The van der Waals surface area contributed by atoms with E-state index in [4.69, 9.17) is 15.2 Å². The third-order valence-electron chi connectivity index (χ3n) is 3.29. The lowest BCUT2D eigenvalue weighted by molar-refractivity contribution is -0.107. The lowest BCUT2D eigenvalue weighted by Gasteiger charge is -2.33. The van der Waals surface area contributed by atoms with Crippen molar-refractivity contribution in [2.45, 2.75) is 37.5 Å². The fraction of sp³-hybridized carbons (Fsp3) is 0.500. The van der Waals surface area contributed by atoms with Crippen molar-refractivity contribution in [2.24, 2.45) is 5.73 Å². The quantitative estimate of drug-likeness (QED) is 0.796. The maximum Gasteiger partial charge on any atom is 0.251 e. The van der Waals surface area contributed by atoms with Gasteiger partial charge in [0.25, 0.3) is 5.79 Å². The first-order valence-corrected chi connectivity index (χ1v) is 6.39. The van der Waals surface area contributed by atoms with Gasteiger partial charge in [-0.05, 0) is 31.0 Å². The van der Waals surface area contributed by atoms with Gasteiger partial charge in [0.15, 0.2) is 11.5 Å². The standard InChI is InChI=1S/C12H14BrNO2/c13-8-1-2-10-11(7-8)16-12(15-10)5-3-9(14)4-6-12/h1-2,7,9H,3-6,14H2. The zero-order chi connectivity index (χ0) is 11.2. The van der Waals surface area contributed by atoms with Crippen LogP contribution in [0.5, 0.6) is 11.5 Å². The van der Waals surface area contributed by atoms with Gasteiger partial charge in [-0.25, -0.2) is 0 Å². The van der Waals surface area contributed by atoms with Crippen LogP contribution in [0.15, 0.2) is 22.7 Å². The molecule has 4 heteroatoms. The van der Waals surface area contributed by atoms with Gasteiger partial charge in [-0.3, -0.25) is 0 Å². The van der Waals surface area contributed by atoms with E-state index in [-0.39, 0.29) is 0 Å². The molecular weight excluding hydrogens is 270 g/mol. The average molecular weight is 284 g/mol. The Morgan fingerprint density at radius 3 is 2.62 bits per heavy atom. The summed E-state index contributed by atoms with van der Waals surface area (Å²) >= 11 is 3.43. The van der Waals surface area contributed by atoms with Gasteiger partial charge in [0, 0.05) is 23.4 Å². The molecule has 1 aromatic rings. The molecule has 1 aliphatic heterocycles. The molecule has 1 heterocycles. The molecule has 2 aliphatic rings. The van der Waals surface area contributed by atoms with E-state index in [0.29, 0.717) is 6.04 Å². The van der Waals surface area contributed by atoms with Crippen LogP contribution in [0.1, 0.15) is 25.7 Å². The first kappa shape index (κ1) is 10.4. The van der Waals surface area contributed by atoms with E-state index in [1.165, 1.54) is 0 Å².